The predicted octanol–water partition coefficient (Wildman–Crippen LogP) is -1.92. The van der Waals surface area contributed by atoms with Crippen molar-refractivity contribution in [1.82, 2.24) is 47.1 Å². The summed E-state index contributed by atoms with van der Waals surface area (Å²) in [5.41, 5.74) is 5.82. The zero-order valence-corrected chi connectivity index (χ0v) is 44.7. The molecule has 1 aromatic heterocycles. The number of hydrogen-bond acceptors (Lipinski definition) is 17. The van der Waals surface area contributed by atoms with E-state index in [-0.39, 0.29) is 101 Å². The number of aliphatic hydroxyl groups is 4. The Balaban J connectivity index is 1.42. The summed E-state index contributed by atoms with van der Waals surface area (Å²) < 4.78 is 5.57. The van der Waals surface area contributed by atoms with E-state index in [2.05, 4.69) is 37.2 Å². The van der Waals surface area contributed by atoms with E-state index in [1.165, 1.54) is 23.5 Å². The van der Waals surface area contributed by atoms with E-state index in [9.17, 15) is 53.7 Å². The Labute approximate surface area is 441 Å². The lowest BCUT2D eigenvalue weighted by Gasteiger charge is -2.38. The van der Waals surface area contributed by atoms with Crippen LogP contribution in [0.1, 0.15) is 103 Å². The molecule has 4 rings (SSSR count). The Morgan fingerprint density at radius 3 is 2.23 bits per heavy atom. The lowest BCUT2D eigenvalue weighted by Crippen LogP contribution is -2.65. The largest absolute Gasteiger partial charge is 0.394 e. The zero-order valence-electron chi connectivity index (χ0n) is 43.1. The summed E-state index contributed by atoms with van der Waals surface area (Å²) in [6.07, 6.45) is -2.70. The van der Waals surface area contributed by atoms with Crippen LogP contribution < -0.4 is 43.0 Å². The first kappa shape index (κ1) is 61.9. The number of nitrogens with zero attached hydrogens (tertiary/aromatic N) is 2. The van der Waals surface area contributed by atoms with Gasteiger partial charge in [-0.15, -0.1) is 0 Å². The third-order valence-electron chi connectivity index (χ3n) is 13.4. The zero-order chi connectivity index (χ0) is 54.4. The van der Waals surface area contributed by atoms with Crippen molar-refractivity contribution in [2.24, 2.45) is 17.6 Å². The van der Waals surface area contributed by atoms with E-state index in [0.717, 1.165) is 11.4 Å². The smallest absolute Gasteiger partial charge is 0.246 e. The molecule has 2 bridgehead atoms. The molecule has 0 aliphatic carbocycles. The summed E-state index contributed by atoms with van der Waals surface area (Å²) in [7, 11) is 0. The van der Waals surface area contributed by atoms with Gasteiger partial charge in [-0.2, -0.15) is 23.5 Å². The van der Waals surface area contributed by atoms with Crippen LogP contribution in [0.4, 0.5) is 0 Å². The number of aromatic nitrogens is 1. The molecule has 4 heterocycles. The first-order valence-electron chi connectivity index (χ1n) is 25.7. The number of fused-ring (bicyclic) bond motifs is 2. The highest BCUT2D eigenvalue weighted by atomic mass is 32.2. The van der Waals surface area contributed by atoms with Crippen LogP contribution >= 0.6 is 23.5 Å². The molecule has 2 saturated heterocycles. The molecule has 1 spiro atoms. The summed E-state index contributed by atoms with van der Waals surface area (Å²) in [6.45, 7) is 7.92. The maximum atomic E-state index is 14.4. The van der Waals surface area contributed by atoms with Gasteiger partial charge in [0.1, 0.15) is 41.9 Å². The van der Waals surface area contributed by atoms with Crippen LogP contribution in [0.3, 0.4) is 0 Å². The molecule has 3 aliphatic rings. The fourth-order valence-electron chi connectivity index (χ4n) is 8.69. The SMILES string of the molecule is CC[C@H](C)[C@@H]1NC(=O)[C@H](CC(C)C)NC(=O)C2(CCOCC2)NC(=O)CCSCc2cccc(n2)CSC[C@@H](C(=O)NC2CCN(CC(=O)N[C@H](CCC(=O)NCC[C@@H](O)[C@H](O)[C@H](O)CO)C(N)=O)CC2)NC1=O. The Kier molecular flexibility index (Phi) is 26.3. The van der Waals surface area contributed by atoms with Gasteiger partial charge in [-0.25, -0.2) is 0 Å². The van der Waals surface area contributed by atoms with Gasteiger partial charge >= 0.3 is 0 Å². The highest BCUT2D eigenvalue weighted by molar-refractivity contribution is 7.98. The van der Waals surface area contributed by atoms with Gasteiger partial charge < -0.3 is 68.1 Å². The standard InChI is InChI=1S/C49H80N10O13S2/c1-5-30(4)42-47(70)55-36(46(69)53-31-12-18-59(19-13-31)24-41(65)54-34(44(50)67)9-10-39(63)51-17-11-37(61)43(66)38(62)25-60)28-74-27-33-8-6-7-32(52-33)26-73-22-14-40(64)58-49(15-20-72-21-16-49)48(71)56-35(23-29(2)3)45(68)57-42/h6-8,29-31,34-38,42-43,60-62,66H,5,9-28H2,1-4H3,(H2,50,67)(H,51,63)(H,53,69)(H,54,65)(H,55,70)(H,56,71)(H,57,68)(H,58,64)/t30-,34+,35-,36-,37+,38+,42-,43-/m0/s1. The summed E-state index contributed by atoms with van der Waals surface area (Å²) >= 11 is 2.94. The molecule has 0 saturated carbocycles. The van der Waals surface area contributed by atoms with Crippen molar-refractivity contribution in [3.63, 3.8) is 0 Å². The molecule has 2 fully saturated rings. The first-order chi connectivity index (χ1) is 35.2. The van der Waals surface area contributed by atoms with E-state index in [1.807, 2.05) is 50.8 Å². The third-order valence-corrected chi connectivity index (χ3v) is 15.5. The average molecular weight is 1080 g/mol. The van der Waals surface area contributed by atoms with Crippen molar-refractivity contribution in [2.45, 2.75) is 157 Å². The number of aliphatic hydroxyl groups excluding tert-OH is 4. The third kappa shape index (κ3) is 20.5. The fourth-order valence-corrected chi connectivity index (χ4v) is 10.5. The van der Waals surface area contributed by atoms with Crippen molar-refractivity contribution in [3.8, 4) is 0 Å². The molecular formula is C49H80N10O13S2. The molecule has 0 unspecified atom stereocenters. The second kappa shape index (κ2) is 31.4. The van der Waals surface area contributed by atoms with Gasteiger partial charge in [0, 0.05) is 87.6 Å². The molecule has 74 heavy (non-hydrogen) atoms. The van der Waals surface area contributed by atoms with Crippen LogP contribution in [0.2, 0.25) is 0 Å². The lowest BCUT2D eigenvalue weighted by molar-refractivity contribution is -0.140. The number of pyridine rings is 1. The average Bonchev–Trinajstić information content (AvgIpc) is 3.37. The van der Waals surface area contributed by atoms with Crippen molar-refractivity contribution < 1.29 is 63.5 Å². The minimum absolute atomic E-state index is 0.0352. The van der Waals surface area contributed by atoms with Gasteiger partial charge in [0.2, 0.25) is 47.3 Å². The quantitative estimate of drug-likeness (QED) is 0.0718. The van der Waals surface area contributed by atoms with Crippen molar-refractivity contribution in [2.75, 3.05) is 57.5 Å². The van der Waals surface area contributed by atoms with Crippen molar-refractivity contribution >= 4 is 70.8 Å². The molecule has 3 aliphatic heterocycles. The summed E-state index contributed by atoms with van der Waals surface area (Å²) in [5, 5.41) is 58.1. The maximum Gasteiger partial charge on any atom is 0.246 e. The molecule has 416 valence electrons. The van der Waals surface area contributed by atoms with E-state index in [4.69, 9.17) is 20.6 Å². The van der Waals surface area contributed by atoms with Crippen LogP contribution in [0.25, 0.3) is 0 Å². The second-order valence-electron chi connectivity index (χ2n) is 19.8. The molecule has 0 aromatic carbocycles. The van der Waals surface area contributed by atoms with Gasteiger partial charge in [-0.05, 0) is 56.1 Å². The number of nitrogens with two attached hydrogens (primary N) is 1. The first-order valence-corrected chi connectivity index (χ1v) is 28.0. The number of ether oxygens (including phenoxy) is 1. The van der Waals surface area contributed by atoms with Gasteiger partial charge in [-0.3, -0.25) is 48.2 Å². The highest BCUT2D eigenvalue weighted by Gasteiger charge is 2.43. The van der Waals surface area contributed by atoms with Crippen molar-refractivity contribution in [3.05, 3.63) is 29.6 Å². The number of nitrogens with one attached hydrogen (secondary N) is 7. The van der Waals surface area contributed by atoms with Gasteiger partial charge in [0.25, 0.3) is 0 Å². The second-order valence-corrected chi connectivity index (χ2v) is 22.0. The predicted molar refractivity (Wildman–Crippen MR) is 278 cm³/mol. The number of amides is 8. The number of primary amides is 1. The lowest BCUT2D eigenvalue weighted by atomic mass is 9.87. The van der Waals surface area contributed by atoms with Crippen LogP contribution in [0.15, 0.2) is 18.2 Å². The molecule has 8 amide bonds. The van der Waals surface area contributed by atoms with E-state index in [1.54, 1.807) is 0 Å². The number of carbonyl (C=O) groups excluding carboxylic acids is 8. The fraction of sp³-hybridized carbons (Fsp3) is 0.735. The summed E-state index contributed by atoms with van der Waals surface area (Å²) in [6, 6.07) is 1.06. The van der Waals surface area contributed by atoms with Crippen molar-refractivity contribution in [1.29, 1.82) is 0 Å². The van der Waals surface area contributed by atoms with Gasteiger partial charge in [0.05, 0.1) is 30.6 Å². The van der Waals surface area contributed by atoms with Crippen LogP contribution in [-0.2, 0) is 54.6 Å². The van der Waals surface area contributed by atoms with E-state index < -0.39 is 96.0 Å². The number of thioether (sulfide) groups is 2. The van der Waals surface area contributed by atoms with Crippen LogP contribution in [0, 0.1) is 11.8 Å². The Hall–Kier alpha value is -4.63. The monoisotopic (exact) mass is 1080 g/mol. The summed E-state index contributed by atoms with van der Waals surface area (Å²) in [5.74, 6) is -3.01. The van der Waals surface area contributed by atoms with Gasteiger partial charge in [0.15, 0.2) is 0 Å². The number of hydrogen-bond donors (Lipinski definition) is 12. The molecular weight excluding hydrogens is 1000 g/mol. The van der Waals surface area contributed by atoms with Gasteiger partial charge in [-0.1, -0.05) is 40.2 Å². The number of carbonyl (C=O) groups is 8. The number of likely N-dealkylation sites (tertiary alicyclic amines) is 1. The molecule has 1 aromatic rings. The minimum Gasteiger partial charge on any atom is -0.394 e. The topological polar surface area (TPSA) is 353 Å². The Morgan fingerprint density at radius 1 is 0.919 bits per heavy atom. The van der Waals surface area contributed by atoms with Crippen LogP contribution in [-0.4, -0.2) is 189 Å². The summed E-state index contributed by atoms with van der Waals surface area (Å²) in [4.78, 5) is 115. The minimum atomic E-state index is -1.60. The van der Waals surface area contributed by atoms with E-state index >= 15 is 0 Å². The normalized spacial score (nSPS) is 23.2. The molecule has 8 atom stereocenters. The van der Waals surface area contributed by atoms with E-state index in [0.29, 0.717) is 49.6 Å². The number of piperidine rings is 1. The highest BCUT2D eigenvalue weighted by Crippen LogP contribution is 2.24. The maximum absolute atomic E-state index is 14.4. The Morgan fingerprint density at radius 2 is 1.59 bits per heavy atom. The molecule has 25 heteroatoms. The molecule has 13 N–H and O–H groups in total. The Bertz CT molecular complexity index is 2030. The van der Waals surface area contributed by atoms with Crippen LogP contribution in [0.5, 0.6) is 0 Å². The number of rotatable bonds is 19. The molecule has 0 radical (unpaired) electrons. The molecule has 23 nitrogen and oxygen atoms in total.